The number of hydrogen-bond donors (Lipinski definition) is 0. The van der Waals surface area contributed by atoms with Gasteiger partial charge in [0.25, 0.3) is 0 Å². The third-order valence-corrected chi connectivity index (χ3v) is 8.99. The predicted octanol–water partition coefficient (Wildman–Crippen LogP) is 5.38. The molecule has 4 aliphatic carbocycles. The minimum Gasteiger partial charge on any atom is -0.367 e. The summed E-state index contributed by atoms with van der Waals surface area (Å²) in [7, 11) is 0. The van der Waals surface area contributed by atoms with Crippen molar-refractivity contribution in [3.63, 3.8) is 0 Å². The van der Waals surface area contributed by atoms with Crippen LogP contribution in [-0.2, 0) is 4.74 Å². The Morgan fingerprint density at radius 1 is 0.810 bits per heavy atom. The van der Waals surface area contributed by atoms with Crippen molar-refractivity contribution in [3.8, 4) is 0 Å². The molecule has 0 aromatic carbocycles. The molecule has 6 atom stereocenters. The Bertz CT molecular complexity index is 414. The molecule has 0 aromatic heterocycles. The molecule has 120 valence electrons. The van der Waals surface area contributed by atoms with Crippen LogP contribution >= 0.6 is 23.2 Å². The van der Waals surface area contributed by atoms with E-state index in [2.05, 4.69) is 13.8 Å². The van der Waals surface area contributed by atoms with Crippen LogP contribution in [0.5, 0.6) is 0 Å². The van der Waals surface area contributed by atoms with Gasteiger partial charge in [-0.1, -0.05) is 13.8 Å². The van der Waals surface area contributed by atoms with E-state index in [9.17, 15) is 0 Å². The molecule has 3 heteroatoms. The van der Waals surface area contributed by atoms with Gasteiger partial charge in [0.05, 0.1) is 11.2 Å². The fraction of sp³-hybridized carbons (Fsp3) is 1.00. The Morgan fingerprint density at radius 2 is 1.24 bits per heavy atom. The monoisotopic (exact) mass is 330 g/mol. The van der Waals surface area contributed by atoms with E-state index < -0.39 is 0 Å². The highest BCUT2D eigenvalue weighted by Crippen LogP contribution is 2.68. The second kappa shape index (κ2) is 4.54. The first-order valence-electron chi connectivity index (χ1n) is 8.72. The van der Waals surface area contributed by atoms with Crippen molar-refractivity contribution < 1.29 is 4.74 Å². The lowest BCUT2D eigenvalue weighted by Crippen LogP contribution is -2.56. The summed E-state index contributed by atoms with van der Waals surface area (Å²) in [5.41, 5.74) is 0.401. The van der Waals surface area contributed by atoms with Crippen LogP contribution in [-0.4, -0.2) is 23.0 Å². The first kappa shape index (κ1) is 15.1. The SMILES string of the molecule is CC1(CCl)CC2CCC1(OC13CCC(CC1(C)CCl)C3)C2. The van der Waals surface area contributed by atoms with Crippen molar-refractivity contribution in [3.05, 3.63) is 0 Å². The highest BCUT2D eigenvalue weighted by molar-refractivity contribution is 6.18. The van der Waals surface area contributed by atoms with Crippen LogP contribution in [0, 0.1) is 22.7 Å². The maximum atomic E-state index is 7.17. The lowest BCUT2D eigenvalue weighted by molar-refractivity contribution is -0.223. The quantitative estimate of drug-likeness (QED) is 0.629. The molecule has 0 heterocycles. The molecule has 21 heavy (non-hydrogen) atoms. The number of rotatable bonds is 4. The Hall–Kier alpha value is 0.540. The van der Waals surface area contributed by atoms with E-state index in [-0.39, 0.29) is 22.0 Å². The van der Waals surface area contributed by atoms with Gasteiger partial charge in [-0.05, 0) is 63.2 Å². The van der Waals surface area contributed by atoms with Gasteiger partial charge >= 0.3 is 0 Å². The Balaban J connectivity index is 1.68. The van der Waals surface area contributed by atoms with Gasteiger partial charge in [0.15, 0.2) is 0 Å². The standard InChI is InChI=1S/C18H28Cl2O/c1-15(11-19)7-13-3-5-17(15,9-13)21-18-6-4-14(10-18)8-16(18,2)12-20/h13-14H,3-12H2,1-2H3. The van der Waals surface area contributed by atoms with Crippen LogP contribution in [0.4, 0.5) is 0 Å². The van der Waals surface area contributed by atoms with Gasteiger partial charge in [-0.3, -0.25) is 0 Å². The topological polar surface area (TPSA) is 9.23 Å². The molecule has 1 nitrogen and oxygen atoms in total. The largest absolute Gasteiger partial charge is 0.367 e. The number of fused-ring (bicyclic) bond motifs is 4. The summed E-state index contributed by atoms with van der Waals surface area (Å²) in [6.45, 7) is 4.74. The number of alkyl halides is 2. The molecular formula is C18H28Cl2O. The number of halogens is 2. The van der Waals surface area contributed by atoms with Gasteiger partial charge in [0, 0.05) is 22.6 Å². The average Bonchev–Trinajstić information content (AvgIpc) is 3.16. The van der Waals surface area contributed by atoms with E-state index >= 15 is 0 Å². The molecule has 0 spiro atoms. The fourth-order valence-corrected chi connectivity index (χ4v) is 7.17. The predicted molar refractivity (Wildman–Crippen MR) is 88.1 cm³/mol. The van der Waals surface area contributed by atoms with Gasteiger partial charge < -0.3 is 4.74 Å². The molecule has 0 radical (unpaired) electrons. The fourth-order valence-electron chi connectivity index (χ4n) is 6.46. The van der Waals surface area contributed by atoms with E-state index in [1.807, 2.05) is 0 Å². The average molecular weight is 331 g/mol. The molecule has 4 bridgehead atoms. The van der Waals surface area contributed by atoms with Gasteiger partial charge in [0.2, 0.25) is 0 Å². The molecule has 0 N–H and O–H groups in total. The van der Waals surface area contributed by atoms with Gasteiger partial charge in [-0.25, -0.2) is 0 Å². The highest BCUT2D eigenvalue weighted by atomic mass is 35.5. The minimum atomic E-state index is 0.0337. The highest BCUT2D eigenvalue weighted by Gasteiger charge is 2.67. The molecule has 4 rings (SSSR count). The molecule has 4 aliphatic rings. The zero-order chi connectivity index (χ0) is 14.9. The molecule has 0 amide bonds. The number of ether oxygens (including phenoxy) is 1. The lowest BCUT2D eigenvalue weighted by Gasteiger charge is -2.53. The summed E-state index contributed by atoms with van der Waals surface area (Å²) in [5, 5.41) is 0. The van der Waals surface area contributed by atoms with Crippen LogP contribution in [0.15, 0.2) is 0 Å². The maximum absolute atomic E-state index is 7.17. The Labute approximate surface area is 139 Å². The van der Waals surface area contributed by atoms with E-state index in [1.165, 1.54) is 51.4 Å². The first-order valence-corrected chi connectivity index (χ1v) is 9.79. The summed E-state index contributed by atoms with van der Waals surface area (Å²) >= 11 is 12.8. The molecule has 0 aliphatic heterocycles. The summed E-state index contributed by atoms with van der Waals surface area (Å²) < 4.78 is 7.17. The van der Waals surface area contributed by atoms with Crippen LogP contribution in [0.1, 0.15) is 65.2 Å². The van der Waals surface area contributed by atoms with Crippen LogP contribution in [0.2, 0.25) is 0 Å². The van der Waals surface area contributed by atoms with E-state index in [0.717, 1.165) is 23.6 Å². The molecule has 0 aromatic rings. The van der Waals surface area contributed by atoms with Crippen molar-refractivity contribution in [1.29, 1.82) is 0 Å². The van der Waals surface area contributed by atoms with E-state index in [4.69, 9.17) is 27.9 Å². The number of hydrogen-bond acceptors (Lipinski definition) is 1. The Kier molecular flexibility index (Phi) is 3.27. The molecular weight excluding hydrogens is 303 g/mol. The third-order valence-electron chi connectivity index (χ3n) is 7.81. The van der Waals surface area contributed by atoms with Gasteiger partial charge in [0.1, 0.15) is 0 Å². The van der Waals surface area contributed by atoms with Crippen LogP contribution < -0.4 is 0 Å². The summed E-state index contributed by atoms with van der Waals surface area (Å²) in [6.07, 6.45) is 10.1. The molecule has 0 saturated heterocycles. The van der Waals surface area contributed by atoms with Crippen LogP contribution in [0.3, 0.4) is 0 Å². The smallest absolute Gasteiger partial charge is 0.0757 e. The zero-order valence-corrected chi connectivity index (χ0v) is 14.9. The normalized spacial score (nSPS) is 58.3. The zero-order valence-electron chi connectivity index (χ0n) is 13.4. The molecule has 4 saturated carbocycles. The first-order chi connectivity index (χ1) is 9.90. The molecule has 6 unspecified atom stereocenters. The van der Waals surface area contributed by atoms with Gasteiger partial charge in [-0.15, -0.1) is 23.2 Å². The van der Waals surface area contributed by atoms with E-state index in [0.29, 0.717) is 0 Å². The minimum absolute atomic E-state index is 0.0337. The van der Waals surface area contributed by atoms with Crippen molar-refractivity contribution in [1.82, 2.24) is 0 Å². The lowest BCUT2D eigenvalue weighted by atomic mass is 9.69. The third kappa shape index (κ3) is 1.81. The second-order valence-electron chi connectivity index (χ2n) is 9.11. The summed E-state index contributed by atoms with van der Waals surface area (Å²) in [5.74, 6) is 3.15. The van der Waals surface area contributed by atoms with Crippen molar-refractivity contribution in [2.75, 3.05) is 11.8 Å². The van der Waals surface area contributed by atoms with Crippen LogP contribution in [0.25, 0.3) is 0 Å². The molecule has 4 fully saturated rings. The van der Waals surface area contributed by atoms with Crippen molar-refractivity contribution >= 4 is 23.2 Å². The maximum Gasteiger partial charge on any atom is 0.0757 e. The van der Waals surface area contributed by atoms with Crippen molar-refractivity contribution in [2.45, 2.75) is 76.4 Å². The van der Waals surface area contributed by atoms with Crippen molar-refractivity contribution in [2.24, 2.45) is 22.7 Å². The van der Waals surface area contributed by atoms with Gasteiger partial charge in [-0.2, -0.15) is 0 Å². The Morgan fingerprint density at radius 3 is 1.57 bits per heavy atom. The summed E-state index contributed by atoms with van der Waals surface area (Å²) in [4.78, 5) is 0. The summed E-state index contributed by atoms with van der Waals surface area (Å²) in [6, 6.07) is 0. The van der Waals surface area contributed by atoms with E-state index in [1.54, 1.807) is 0 Å². The second-order valence-corrected chi connectivity index (χ2v) is 9.64.